The molecule has 4 aromatic rings. The molecule has 0 saturated heterocycles. The maximum absolute atomic E-state index is 12.4. The molecule has 146 valence electrons. The van der Waals surface area contributed by atoms with Gasteiger partial charge in [0.1, 0.15) is 6.54 Å². The number of thiazole rings is 1. The summed E-state index contributed by atoms with van der Waals surface area (Å²) in [7, 11) is 0. The molecule has 1 aromatic heterocycles. The van der Waals surface area contributed by atoms with E-state index >= 15 is 0 Å². The van der Waals surface area contributed by atoms with Gasteiger partial charge in [-0.3, -0.25) is 19.3 Å². The average Bonchev–Trinajstić information content (AvgIpc) is 3.32. The lowest BCUT2D eigenvalue weighted by molar-refractivity contribution is -0.116. The highest BCUT2D eigenvalue weighted by molar-refractivity contribution is 7.14. The van der Waals surface area contributed by atoms with Crippen LogP contribution in [0.3, 0.4) is 0 Å². The maximum atomic E-state index is 12.4. The Hall–Kier alpha value is -3.84. The lowest BCUT2D eigenvalue weighted by atomic mass is 10.1. The minimum absolute atomic E-state index is 0.322. The molecule has 0 aliphatic carbocycles. The van der Waals surface area contributed by atoms with E-state index < -0.39 is 17.7 Å². The standard InChI is InChI=1S/C23H15N3O3S/c27-20(12-26-21(28)17-7-3-4-8-18(17)22(26)29)25-23-24-19(13-30-23)16-10-9-14-5-1-2-6-15(14)11-16/h1-11,13H,12H2,(H,24,25,27). The van der Waals surface area contributed by atoms with Crippen molar-refractivity contribution in [2.24, 2.45) is 0 Å². The van der Waals surface area contributed by atoms with Crippen molar-refractivity contribution in [2.45, 2.75) is 0 Å². The number of anilines is 1. The molecule has 0 saturated carbocycles. The molecule has 6 nitrogen and oxygen atoms in total. The minimum atomic E-state index is -0.469. The summed E-state index contributed by atoms with van der Waals surface area (Å²) < 4.78 is 0. The van der Waals surface area contributed by atoms with Gasteiger partial charge < -0.3 is 5.32 Å². The van der Waals surface area contributed by atoms with Crippen LogP contribution in [0.1, 0.15) is 20.7 Å². The van der Waals surface area contributed by atoms with Gasteiger partial charge in [0.25, 0.3) is 11.8 Å². The van der Waals surface area contributed by atoms with Crippen LogP contribution in [0.25, 0.3) is 22.0 Å². The Morgan fingerprint density at radius 2 is 1.57 bits per heavy atom. The first-order valence-electron chi connectivity index (χ1n) is 9.30. The SMILES string of the molecule is O=C(CN1C(=O)c2ccccc2C1=O)Nc1nc(-c2ccc3ccccc3c2)cs1. The first-order valence-corrected chi connectivity index (χ1v) is 10.2. The zero-order valence-electron chi connectivity index (χ0n) is 15.7. The predicted molar refractivity (Wildman–Crippen MR) is 115 cm³/mol. The van der Waals surface area contributed by atoms with E-state index in [1.807, 2.05) is 41.8 Å². The highest BCUT2D eigenvalue weighted by atomic mass is 32.1. The predicted octanol–water partition coefficient (Wildman–Crippen LogP) is 4.20. The largest absolute Gasteiger partial charge is 0.300 e. The van der Waals surface area contributed by atoms with Crippen molar-refractivity contribution < 1.29 is 14.4 Å². The second-order valence-electron chi connectivity index (χ2n) is 6.89. The fraction of sp³-hybridized carbons (Fsp3) is 0.0435. The van der Waals surface area contributed by atoms with Crippen molar-refractivity contribution in [1.82, 2.24) is 9.88 Å². The normalized spacial score (nSPS) is 13.0. The van der Waals surface area contributed by atoms with Crippen LogP contribution in [-0.2, 0) is 4.79 Å². The van der Waals surface area contributed by atoms with Crippen molar-refractivity contribution in [3.63, 3.8) is 0 Å². The van der Waals surface area contributed by atoms with Crippen LogP contribution < -0.4 is 5.32 Å². The number of carbonyl (C=O) groups excluding carboxylic acids is 3. The molecule has 5 rings (SSSR count). The number of fused-ring (bicyclic) bond motifs is 2. The molecular weight excluding hydrogens is 398 g/mol. The van der Waals surface area contributed by atoms with Gasteiger partial charge in [0.05, 0.1) is 16.8 Å². The first kappa shape index (κ1) is 18.2. The maximum Gasteiger partial charge on any atom is 0.262 e. The van der Waals surface area contributed by atoms with Crippen molar-refractivity contribution in [3.8, 4) is 11.3 Å². The van der Waals surface area contributed by atoms with E-state index in [-0.39, 0.29) is 6.54 Å². The Morgan fingerprint density at radius 3 is 2.30 bits per heavy atom. The summed E-state index contributed by atoms with van der Waals surface area (Å²) in [5, 5.41) is 7.22. The van der Waals surface area contributed by atoms with Crippen molar-refractivity contribution in [2.75, 3.05) is 11.9 Å². The number of nitrogens with zero attached hydrogens (tertiary/aromatic N) is 2. The van der Waals surface area contributed by atoms with Gasteiger partial charge in [0, 0.05) is 10.9 Å². The third-order valence-corrected chi connectivity index (χ3v) is 5.73. The van der Waals surface area contributed by atoms with Crippen LogP contribution >= 0.6 is 11.3 Å². The number of nitrogens with one attached hydrogen (secondary N) is 1. The minimum Gasteiger partial charge on any atom is -0.300 e. The topological polar surface area (TPSA) is 79.4 Å². The Morgan fingerprint density at radius 1 is 0.900 bits per heavy atom. The number of aromatic nitrogens is 1. The van der Waals surface area contributed by atoms with E-state index in [1.165, 1.54) is 11.3 Å². The monoisotopic (exact) mass is 413 g/mol. The van der Waals surface area contributed by atoms with E-state index in [9.17, 15) is 14.4 Å². The van der Waals surface area contributed by atoms with Gasteiger partial charge in [0.15, 0.2) is 5.13 Å². The summed E-state index contributed by atoms with van der Waals surface area (Å²) in [6, 6.07) is 20.7. The third-order valence-electron chi connectivity index (χ3n) is 4.98. The number of hydrogen-bond donors (Lipinski definition) is 1. The number of carbonyl (C=O) groups is 3. The average molecular weight is 413 g/mol. The molecule has 0 unspecified atom stereocenters. The van der Waals surface area contributed by atoms with Crippen molar-refractivity contribution in [1.29, 1.82) is 0 Å². The zero-order valence-corrected chi connectivity index (χ0v) is 16.5. The van der Waals surface area contributed by atoms with Crippen LogP contribution in [0.4, 0.5) is 5.13 Å². The van der Waals surface area contributed by atoms with Gasteiger partial charge in [-0.25, -0.2) is 4.98 Å². The molecule has 0 radical (unpaired) electrons. The molecule has 1 aliphatic rings. The van der Waals surface area contributed by atoms with Gasteiger partial charge in [-0.05, 0) is 29.0 Å². The number of hydrogen-bond acceptors (Lipinski definition) is 5. The Bertz CT molecular complexity index is 1290. The summed E-state index contributed by atoms with van der Waals surface area (Å²) in [5.41, 5.74) is 2.35. The first-order chi connectivity index (χ1) is 14.6. The summed E-state index contributed by atoms with van der Waals surface area (Å²) in [4.78, 5) is 42.7. The van der Waals surface area contributed by atoms with E-state index in [1.54, 1.807) is 24.3 Å². The Labute approximate surface area is 175 Å². The fourth-order valence-electron chi connectivity index (χ4n) is 3.50. The molecule has 2 heterocycles. The van der Waals surface area contributed by atoms with Gasteiger partial charge in [0.2, 0.25) is 5.91 Å². The summed E-state index contributed by atoms with van der Waals surface area (Å²) >= 11 is 1.29. The molecule has 0 atom stereocenters. The highest BCUT2D eigenvalue weighted by Gasteiger charge is 2.36. The highest BCUT2D eigenvalue weighted by Crippen LogP contribution is 2.28. The van der Waals surface area contributed by atoms with E-state index in [2.05, 4.69) is 16.4 Å². The number of rotatable bonds is 4. The smallest absolute Gasteiger partial charge is 0.262 e. The number of imide groups is 1. The Kier molecular flexibility index (Phi) is 4.37. The summed E-state index contributed by atoms with van der Waals surface area (Å²) in [6.45, 7) is -0.350. The molecule has 0 spiro atoms. The molecule has 1 aliphatic heterocycles. The molecule has 1 N–H and O–H groups in total. The molecule has 3 aromatic carbocycles. The zero-order chi connectivity index (χ0) is 20.7. The van der Waals surface area contributed by atoms with Crippen molar-refractivity contribution >= 4 is 45.0 Å². The molecule has 30 heavy (non-hydrogen) atoms. The van der Waals surface area contributed by atoms with Crippen LogP contribution in [-0.4, -0.2) is 34.2 Å². The molecular formula is C23H15N3O3S. The van der Waals surface area contributed by atoms with Crippen LogP contribution in [0.2, 0.25) is 0 Å². The van der Waals surface area contributed by atoms with E-state index in [0.717, 1.165) is 26.9 Å². The molecule has 3 amide bonds. The fourth-order valence-corrected chi connectivity index (χ4v) is 4.23. The third kappa shape index (κ3) is 3.15. The summed E-state index contributed by atoms with van der Waals surface area (Å²) in [6.07, 6.45) is 0. The summed E-state index contributed by atoms with van der Waals surface area (Å²) in [5.74, 6) is -1.38. The Balaban J connectivity index is 1.30. The molecule has 0 fully saturated rings. The van der Waals surface area contributed by atoms with Crippen LogP contribution in [0.15, 0.2) is 72.1 Å². The van der Waals surface area contributed by atoms with Gasteiger partial charge in [-0.2, -0.15) is 0 Å². The van der Waals surface area contributed by atoms with E-state index in [0.29, 0.717) is 16.3 Å². The lowest BCUT2D eigenvalue weighted by Gasteiger charge is -2.12. The quantitative estimate of drug-likeness (QED) is 0.509. The van der Waals surface area contributed by atoms with Gasteiger partial charge in [-0.15, -0.1) is 11.3 Å². The second-order valence-corrected chi connectivity index (χ2v) is 7.75. The van der Waals surface area contributed by atoms with E-state index in [4.69, 9.17) is 0 Å². The lowest BCUT2D eigenvalue weighted by Crippen LogP contribution is -2.37. The van der Waals surface area contributed by atoms with Crippen molar-refractivity contribution in [3.05, 3.63) is 83.2 Å². The van der Waals surface area contributed by atoms with Gasteiger partial charge >= 0.3 is 0 Å². The van der Waals surface area contributed by atoms with Gasteiger partial charge in [-0.1, -0.05) is 48.5 Å². The second kappa shape index (κ2) is 7.20. The number of benzene rings is 3. The molecule has 0 bridgehead atoms. The van der Waals surface area contributed by atoms with Crippen LogP contribution in [0.5, 0.6) is 0 Å². The van der Waals surface area contributed by atoms with Crippen LogP contribution in [0, 0.1) is 0 Å². The molecule has 7 heteroatoms. The number of amides is 3.